The lowest BCUT2D eigenvalue weighted by Crippen LogP contribution is -2.44. The smallest absolute Gasteiger partial charge is 0.143 e. The quantitative estimate of drug-likeness (QED) is 0.543. The highest BCUT2D eigenvalue weighted by Gasteiger charge is 2.15. The van der Waals surface area contributed by atoms with E-state index in [1.54, 1.807) is 6.33 Å². The van der Waals surface area contributed by atoms with E-state index in [4.69, 9.17) is 11.6 Å². The first kappa shape index (κ1) is 22.4. The second-order valence-electron chi connectivity index (χ2n) is 8.56. The Morgan fingerprint density at radius 2 is 1.69 bits per heavy atom. The summed E-state index contributed by atoms with van der Waals surface area (Å²) in [6, 6.07) is 16.4. The van der Waals surface area contributed by atoms with E-state index in [9.17, 15) is 4.79 Å². The summed E-state index contributed by atoms with van der Waals surface area (Å²) in [7, 11) is 2.17. The van der Waals surface area contributed by atoms with E-state index < -0.39 is 0 Å². The Morgan fingerprint density at radius 3 is 2.41 bits per heavy atom. The summed E-state index contributed by atoms with van der Waals surface area (Å²) in [6.07, 6.45) is 2.87. The lowest BCUT2D eigenvalue weighted by atomic mass is 10.0. The highest BCUT2D eigenvalue weighted by Crippen LogP contribution is 2.21. The summed E-state index contributed by atoms with van der Waals surface area (Å²) in [4.78, 5) is 26.2. The van der Waals surface area contributed by atoms with E-state index in [0.29, 0.717) is 11.4 Å². The number of halogens is 1. The maximum atomic E-state index is 12.6. The zero-order valence-electron chi connectivity index (χ0n) is 18.7. The highest BCUT2D eigenvalue weighted by atomic mass is 35.5. The Labute approximate surface area is 195 Å². The molecule has 6 heteroatoms. The molecule has 0 bridgehead atoms. The summed E-state index contributed by atoms with van der Waals surface area (Å²) >= 11 is 6.28. The summed E-state index contributed by atoms with van der Waals surface area (Å²) in [5.41, 5.74) is 6.07. The number of piperazine rings is 1. The van der Waals surface area contributed by atoms with Gasteiger partial charge in [0.05, 0.1) is 5.69 Å². The number of benzene rings is 2. The van der Waals surface area contributed by atoms with E-state index in [2.05, 4.69) is 51.1 Å². The van der Waals surface area contributed by atoms with E-state index in [-0.39, 0.29) is 12.2 Å². The fourth-order valence-electron chi connectivity index (χ4n) is 4.09. The van der Waals surface area contributed by atoms with Crippen LogP contribution in [0.2, 0.25) is 5.02 Å². The first-order valence-corrected chi connectivity index (χ1v) is 11.4. The van der Waals surface area contributed by atoms with Crippen molar-refractivity contribution in [2.75, 3.05) is 38.1 Å². The third kappa shape index (κ3) is 5.72. The second kappa shape index (κ2) is 10.2. The average molecular weight is 449 g/mol. The van der Waals surface area contributed by atoms with Crippen molar-refractivity contribution in [3.8, 4) is 0 Å². The maximum absolute atomic E-state index is 12.6. The monoisotopic (exact) mass is 448 g/mol. The van der Waals surface area contributed by atoms with Gasteiger partial charge < -0.3 is 9.80 Å². The number of hydrogen-bond donors (Lipinski definition) is 0. The molecule has 1 aliphatic rings. The molecule has 2 aromatic carbocycles. The van der Waals surface area contributed by atoms with Crippen LogP contribution in [0.1, 0.15) is 28.1 Å². The summed E-state index contributed by atoms with van der Waals surface area (Å²) in [6.45, 7) is 6.30. The second-order valence-corrected chi connectivity index (χ2v) is 8.97. The molecule has 0 unspecified atom stereocenters. The third-order valence-electron chi connectivity index (χ3n) is 6.08. The molecule has 4 rings (SSSR count). The molecule has 1 aromatic heterocycles. The van der Waals surface area contributed by atoms with Gasteiger partial charge in [-0.2, -0.15) is 0 Å². The van der Waals surface area contributed by atoms with Gasteiger partial charge in [0, 0.05) is 61.8 Å². The Balaban J connectivity index is 1.37. The number of ketones is 1. The minimum atomic E-state index is 0.0994. The van der Waals surface area contributed by atoms with Crippen LogP contribution >= 0.6 is 11.6 Å². The molecule has 0 N–H and O–H groups in total. The first-order valence-electron chi connectivity index (χ1n) is 11.1. The molecule has 0 radical (unpaired) electrons. The van der Waals surface area contributed by atoms with E-state index >= 15 is 0 Å². The van der Waals surface area contributed by atoms with Crippen molar-refractivity contribution in [1.82, 2.24) is 14.9 Å². The predicted molar refractivity (Wildman–Crippen MR) is 130 cm³/mol. The molecule has 32 heavy (non-hydrogen) atoms. The van der Waals surface area contributed by atoms with Crippen molar-refractivity contribution in [1.29, 1.82) is 0 Å². The minimum Gasteiger partial charge on any atom is -0.369 e. The first-order chi connectivity index (χ1) is 15.5. The number of hydrogen-bond acceptors (Lipinski definition) is 5. The number of anilines is 1. The molecule has 5 nitrogen and oxygen atoms in total. The zero-order chi connectivity index (χ0) is 22.5. The van der Waals surface area contributed by atoms with Crippen molar-refractivity contribution in [3.63, 3.8) is 0 Å². The van der Waals surface area contributed by atoms with Crippen LogP contribution < -0.4 is 4.90 Å². The molecule has 0 atom stereocenters. The molecule has 166 valence electrons. The van der Waals surface area contributed by atoms with Gasteiger partial charge in [-0.05, 0) is 54.9 Å². The zero-order valence-corrected chi connectivity index (χ0v) is 19.5. The lowest BCUT2D eigenvalue weighted by molar-refractivity contribution is -0.117. The van der Waals surface area contributed by atoms with Crippen LogP contribution in [-0.4, -0.2) is 53.9 Å². The van der Waals surface area contributed by atoms with Crippen LogP contribution in [-0.2, 0) is 24.1 Å². The fourth-order valence-corrected chi connectivity index (χ4v) is 4.38. The fraction of sp³-hybridized carbons (Fsp3) is 0.346. The van der Waals surface area contributed by atoms with Gasteiger partial charge in [-0.15, -0.1) is 0 Å². The van der Waals surface area contributed by atoms with Crippen LogP contribution in [0.5, 0.6) is 0 Å². The number of carbonyl (C=O) groups is 1. The predicted octanol–water partition coefficient (Wildman–Crippen LogP) is 4.14. The topological polar surface area (TPSA) is 49.3 Å². The van der Waals surface area contributed by atoms with Gasteiger partial charge in [-0.3, -0.25) is 4.79 Å². The number of nitrogens with zero attached hydrogens (tertiary/aromatic N) is 4. The normalized spacial score (nSPS) is 14.5. The summed E-state index contributed by atoms with van der Waals surface area (Å²) < 4.78 is 0. The number of aryl methyl sites for hydroxylation is 1. The van der Waals surface area contributed by atoms with Gasteiger partial charge in [-0.1, -0.05) is 35.9 Å². The molecule has 1 saturated heterocycles. The molecule has 1 aliphatic heterocycles. The molecule has 0 amide bonds. The van der Waals surface area contributed by atoms with Crippen LogP contribution in [0.25, 0.3) is 0 Å². The molecular weight excluding hydrogens is 420 g/mol. The van der Waals surface area contributed by atoms with Gasteiger partial charge in [0.1, 0.15) is 12.1 Å². The molecule has 0 aliphatic carbocycles. The van der Waals surface area contributed by atoms with Crippen molar-refractivity contribution < 1.29 is 4.79 Å². The summed E-state index contributed by atoms with van der Waals surface area (Å²) in [5, 5.41) is 0.641. The van der Waals surface area contributed by atoms with Crippen LogP contribution in [0.15, 0.2) is 54.9 Å². The van der Waals surface area contributed by atoms with E-state index in [1.165, 1.54) is 11.3 Å². The van der Waals surface area contributed by atoms with Crippen LogP contribution in [0.3, 0.4) is 0 Å². The van der Waals surface area contributed by atoms with E-state index in [0.717, 1.165) is 55.1 Å². The molecule has 3 aromatic rings. The largest absolute Gasteiger partial charge is 0.369 e. The number of aromatic nitrogens is 2. The molecule has 0 spiro atoms. The Morgan fingerprint density at radius 1 is 0.969 bits per heavy atom. The van der Waals surface area contributed by atoms with Gasteiger partial charge in [-0.25, -0.2) is 9.97 Å². The molecular formula is C26H29ClN4O. The van der Waals surface area contributed by atoms with Crippen molar-refractivity contribution in [2.45, 2.75) is 26.2 Å². The van der Waals surface area contributed by atoms with Crippen molar-refractivity contribution >= 4 is 23.1 Å². The SMILES string of the molecule is Cc1cccc(Cl)c1CC(=O)Cc1cc(Cc2ccc(N3CCN(C)CC3)cc2)ncn1. The minimum absolute atomic E-state index is 0.0994. The average Bonchev–Trinajstić information content (AvgIpc) is 2.78. The van der Waals surface area contributed by atoms with Crippen LogP contribution in [0.4, 0.5) is 5.69 Å². The maximum Gasteiger partial charge on any atom is 0.143 e. The summed E-state index contributed by atoms with van der Waals surface area (Å²) in [5.74, 6) is 0.0994. The van der Waals surface area contributed by atoms with Gasteiger partial charge in [0.2, 0.25) is 0 Å². The Kier molecular flexibility index (Phi) is 7.18. The Bertz CT molecular complexity index is 1060. The highest BCUT2D eigenvalue weighted by molar-refractivity contribution is 6.31. The van der Waals surface area contributed by atoms with Gasteiger partial charge in [0.15, 0.2) is 0 Å². The number of rotatable bonds is 7. The van der Waals surface area contributed by atoms with E-state index in [1.807, 2.05) is 31.2 Å². The number of likely N-dealkylation sites (N-methyl/N-ethyl adjacent to an activating group) is 1. The molecule has 1 fully saturated rings. The third-order valence-corrected chi connectivity index (χ3v) is 6.43. The number of carbonyl (C=O) groups excluding carboxylic acids is 1. The van der Waals surface area contributed by atoms with Gasteiger partial charge in [0.25, 0.3) is 0 Å². The molecule has 0 saturated carbocycles. The lowest BCUT2D eigenvalue weighted by Gasteiger charge is -2.34. The van der Waals surface area contributed by atoms with Crippen LogP contribution in [0, 0.1) is 6.92 Å². The standard InChI is InChI=1S/C26H29ClN4O/c1-19-4-3-5-26(27)25(19)17-24(32)16-22-15-21(28-18-29-22)14-20-6-8-23(9-7-20)31-12-10-30(2)11-13-31/h3-9,15,18H,10-14,16-17H2,1-2H3. The van der Waals surface area contributed by atoms with Crippen molar-refractivity contribution in [3.05, 3.63) is 88.0 Å². The molecule has 2 heterocycles. The van der Waals surface area contributed by atoms with Crippen molar-refractivity contribution in [2.24, 2.45) is 0 Å². The Hall–Kier alpha value is -2.76. The van der Waals surface area contributed by atoms with Gasteiger partial charge >= 0.3 is 0 Å². The number of Topliss-reactive ketones (excluding diaryl/α,β-unsaturated/α-hetero) is 1.